The zero-order chi connectivity index (χ0) is 18.7. The molecule has 7 heteroatoms. The maximum atomic E-state index is 12.7. The highest BCUT2D eigenvalue weighted by atomic mass is 16.5. The third-order valence-electron chi connectivity index (χ3n) is 4.03. The lowest BCUT2D eigenvalue weighted by Crippen LogP contribution is -2.58. The first kappa shape index (κ1) is 22.4. The summed E-state index contributed by atoms with van der Waals surface area (Å²) in [6.07, 6.45) is 4.06. The Hall–Kier alpha value is -1.63. The number of nitrogens with zero attached hydrogens (tertiary/aromatic N) is 1. The summed E-state index contributed by atoms with van der Waals surface area (Å²) in [5.41, 5.74) is 5.97. The molecule has 7 nitrogen and oxygen atoms in total. The summed E-state index contributed by atoms with van der Waals surface area (Å²) in [6, 6.07) is -2.40. The lowest BCUT2D eigenvalue weighted by atomic mass is 10.1. The normalized spacial score (nSPS) is 14.4. The van der Waals surface area contributed by atoms with Crippen molar-refractivity contribution in [3.05, 3.63) is 0 Å². The maximum Gasteiger partial charge on any atom is 0.328 e. The summed E-state index contributed by atoms with van der Waals surface area (Å²) >= 11 is 0. The quantitative estimate of drug-likeness (QED) is 0.433. The van der Waals surface area contributed by atoms with Crippen LogP contribution in [0.15, 0.2) is 0 Å². The smallest absolute Gasteiger partial charge is 0.328 e. The molecule has 0 aliphatic heterocycles. The second-order valence-corrected chi connectivity index (χ2v) is 6.01. The SMILES string of the molecule is CCCCNC(=O)[C@H](C)N(C(=O)[C@@H](N)CCCC)[C@@H](C)C(=O)OC. The average molecular weight is 343 g/mol. The number of unbranched alkanes of at least 4 members (excludes halogenated alkanes) is 2. The van der Waals surface area contributed by atoms with Crippen LogP contribution in [-0.2, 0) is 19.1 Å². The number of rotatable bonds is 11. The molecule has 0 aromatic heterocycles. The Balaban J connectivity index is 5.20. The number of esters is 1. The molecule has 0 saturated carbocycles. The molecule has 0 spiro atoms. The predicted molar refractivity (Wildman–Crippen MR) is 93.2 cm³/mol. The molecule has 0 radical (unpaired) electrons. The summed E-state index contributed by atoms with van der Waals surface area (Å²) < 4.78 is 4.73. The van der Waals surface area contributed by atoms with Gasteiger partial charge in [0.15, 0.2) is 0 Å². The van der Waals surface area contributed by atoms with E-state index >= 15 is 0 Å². The van der Waals surface area contributed by atoms with Crippen LogP contribution >= 0.6 is 0 Å². The number of nitrogens with one attached hydrogen (secondary N) is 1. The number of amides is 2. The molecular weight excluding hydrogens is 310 g/mol. The molecule has 0 rings (SSSR count). The van der Waals surface area contributed by atoms with Gasteiger partial charge in [-0.05, 0) is 26.7 Å². The Morgan fingerprint density at radius 3 is 2.17 bits per heavy atom. The molecule has 3 atom stereocenters. The van der Waals surface area contributed by atoms with Gasteiger partial charge in [0.1, 0.15) is 12.1 Å². The zero-order valence-corrected chi connectivity index (χ0v) is 15.6. The van der Waals surface area contributed by atoms with E-state index in [1.807, 2.05) is 13.8 Å². The molecule has 2 amide bonds. The molecule has 0 aromatic rings. The number of ether oxygens (including phenoxy) is 1. The monoisotopic (exact) mass is 343 g/mol. The van der Waals surface area contributed by atoms with E-state index in [2.05, 4.69) is 5.32 Å². The minimum Gasteiger partial charge on any atom is -0.467 e. The number of carbonyl (C=O) groups is 3. The Bertz CT molecular complexity index is 415. The van der Waals surface area contributed by atoms with Gasteiger partial charge in [0.2, 0.25) is 11.8 Å². The van der Waals surface area contributed by atoms with Gasteiger partial charge >= 0.3 is 5.97 Å². The van der Waals surface area contributed by atoms with E-state index < -0.39 is 30.0 Å². The van der Waals surface area contributed by atoms with Crippen LogP contribution in [0, 0.1) is 0 Å². The van der Waals surface area contributed by atoms with Crippen molar-refractivity contribution < 1.29 is 19.1 Å². The van der Waals surface area contributed by atoms with Crippen LogP contribution in [0.2, 0.25) is 0 Å². The first-order valence-electron chi connectivity index (χ1n) is 8.74. The Labute approximate surface area is 145 Å². The number of nitrogens with two attached hydrogens (primary N) is 1. The molecule has 0 fully saturated rings. The molecule has 0 aliphatic rings. The predicted octanol–water partition coefficient (Wildman–Crippen LogP) is 1.20. The van der Waals surface area contributed by atoms with Gasteiger partial charge in [-0.25, -0.2) is 4.79 Å². The molecule has 0 heterocycles. The van der Waals surface area contributed by atoms with Crippen molar-refractivity contribution in [1.29, 1.82) is 0 Å². The standard InChI is InChI=1S/C17H33N3O4/c1-6-8-10-14(18)16(22)20(13(4)17(23)24-5)12(3)15(21)19-11-9-7-2/h12-14H,6-11,18H2,1-5H3,(H,19,21)/t12-,13-,14-/m0/s1. The van der Waals surface area contributed by atoms with Gasteiger partial charge in [-0.2, -0.15) is 0 Å². The molecule has 3 N–H and O–H groups in total. The molecule has 0 unspecified atom stereocenters. The van der Waals surface area contributed by atoms with Crippen molar-refractivity contribution in [2.45, 2.75) is 77.9 Å². The minimum atomic E-state index is -0.873. The van der Waals surface area contributed by atoms with E-state index in [4.69, 9.17) is 10.5 Å². The molecule has 0 bridgehead atoms. The van der Waals surface area contributed by atoms with Gasteiger partial charge in [-0.1, -0.05) is 33.1 Å². The topological polar surface area (TPSA) is 102 Å². The van der Waals surface area contributed by atoms with Crippen LogP contribution in [0.4, 0.5) is 0 Å². The lowest BCUT2D eigenvalue weighted by Gasteiger charge is -2.34. The second kappa shape index (κ2) is 11.8. The third kappa shape index (κ3) is 6.86. The zero-order valence-electron chi connectivity index (χ0n) is 15.6. The van der Waals surface area contributed by atoms with Crippen LogP contribution in [0.3, 0.4) is 0 Å². The molecule has 0 aromatic carbocycles. The van der Waals surface area contributed by atoms with Crippen molar-refractivity contribution >= 4 is 17.8 Å². The first-order chi connectivity index (χ1) is 11.3. The van der Waals surface area contributed by atoms with Crippen molar-refractivity contribution in [3.8, 4) is 0 Å². The molecule has 140 valence electrons. The Morgan fingerprint density at radius 2 is 1.67 bits per heavy atom. The number of hydrogen-bond donors (Lipinski definition) is 2. The molecule has 0 saturated heterocycles. The van der Waals surface area contributed by atoms with E-state index in [9.17, 15) is 14.4 Å². The second-order valence-electron chi connectivity index (χ2n) is 6.01. The minimum absolute atomic E-state index is 0.296. The third-order valence-corrected chi connectivity index (χ3v) is 4.03. The van der Waals surface area contributed by atoms with E-state index in [-0.39, 0.29) is 5.91 Å². The number of carbonyl (C=O) groups excluding carboxylic acids is 3. The van der Waals surface area contributed by atoms with Crippen molar-refractivity contribution in [1.82, 2.24) is 10.2 Å². The highest BCUT2D eigenvalue weighted by Gasteiger charge is 2.36. The van der Waals surface area contributed by atoms with Gasteiger partial charge < -0.3 is 20.7 Å². The average Bonchev–Trinajstić information content (AvgIpc) is 2.58. The summed E-state index contributed by atoms with van der Waals surface area (Å²) in [6.45, 7) is 7.72. The molecule has 24 heavy (non-hydrogen) atoms. The van der Waals surface area contributed by atoms with Crippen molar-refractivity contribution in [2.75, 3.05) is 13.7 Å². The fourth-order valence-corrected chi connectivity index (χ4v) is 2.40. The highest BCUT2D eigenvalue weighted by molar-refractivity contribution is 5.92. The maximum absolute atomic E-state index is 12.7. The Kier molecular flexibility index (Phi) is 11.0. The highest BCUT2D eigenvalue weighted by Crippen LogP contribution is 2.12. The van der Waals surface area contributed by atoms with Crippen molar-refractivity contribution in [3.63, 3.8) is 0 Å². The molecular formula is C17H33N3O4. The van der Waals surface area contributed by atoms with Crippen molar-refractivity contribution in [2.24, 2.45) is 5.73 Å². The largest absolute Gasteiger partial charge is 0.467 e. The summed E-state index contributed by atoms with van der Waals surface area (Å²) in [7, 11) is 1.25. The lowest BCUT2D eigenvalue weighted by molar-refractivity contribution is -0.156. The fourth-order valence-electron chi connectivity index (χ4n) is 2.40. The van der Waals surface area contributed by atoms with E-state index in [0.29, 0.717) is 13.0 Å². The molecule has 0 aliphatic carbocycles. The van der Waals surface area contributed by atoms with E-state index in [1.54, 1.807) is 13.8 Å². The van der Waals surface area contributed by atoms with E-state index in [0.717, 1.165) is 25.7 Å². The summed E-state index contributed by atoms with van der Waals surface area (Å²) in [5.74, 6) is -1.27. The Morgan fingerprint density at radius 1 is 1.08 bits per heavy atom. The van der Waals surface area contributed by atoms with Crippen LogP contribution in [0.1, 0.15) is 59.8 Å². The van der Waals surface area contributed by atoms with Gasteiger partial charge in [0.05, 0.1) is 13.2 Å². The van der Waals surface area contributed by atoms with Gasteiger partial charge in [0.25, 0.3) is 0 Å². The summed E-state index contributed by atoms with van der Waals surface area (Å²) in [4.78, 5) is 38.2. The van der Waals surface area contributed by atoms with Gasteiger partial charge in [-0.3, -0.25) is 9.59 Å². The first-order valence-corrected chi connectivity index (χ1v) is 8.74. The van der Waals surface area contributed by atoms with Gasteiger partial charge in [0, 0.05) is 6.54 Å². The van der Waals surface area contributed by atoms with E-state index in [1.165, 1.54) is 12.0 Å². The number of methoxy groups -OCH3 is 1. The summed E-state index contributed by atoms with van der Waals surface area (Å²) in [5, 5.41) is 2.79. The fraction of sp³-hybridized carbons (Fsp3) is 0.824. The van der Waals surface area contributed by atoms with Crippen LogP contribution < -0.4 is 11.1 Å². The van der Waals surface area contributed by atoms with Crippen LogP contribution in [0.25, 0.3) is 0 Å². The van der Waals surface area contributed by atoms with Gasteiger partial charge in [-0.15, -0.1) is 0 Å². The van der Waals surface area contributed by atoms with Crippen LogP contribution in [0.5, 0.6) is 0 Å². The van der Waals surface area contributed by atoms with Crippen LogP contribution in [-0.4, -0.2) is 54.5 Å². The number of hydrogen-bond acceptors (Lipinski definition) is 5.